The maximum Gasteiger partial charge on any atom is 0.407 e. The molecule has 1 aromatic carbocycles. The fourth-order valence-corrected chi connectivity index (χ4v) is 3.66. The van der Waals surface area contributed by atoms with E-state index in [1.807, 2.05) is 20.8 Å². The smallest absolute Gasteiger partial charge is 0.407 e. The molecule has 0 aliphatic heterocycles. The Labute approximate surface area is 186 Å². The molecule has 2 aromatic heterocycles. The lowest BCUT2D eigenvalue weighted by atomic mass is 10.0. The zero-order chi connectivity index (χ0) is 23.6. The van der Waals surface area contributed by atoms with Gasteiger partial charge in [0.05, 0.1) is 23.1 Å². The van der Waals surface area contributed by atoms with Gasteiger partial charge in [0, 0.05) is 30.1 Å². The van der Waals surface area contributed by atoms with Crippen LogP contribution in [-0.4, -0.2) is 33.9 Å². The second-order valence-electron chi connectivity index (χ2n) is 9.37. The Balaban J connectivity index is 1.86. The highest BCUT2D eigenvalue weighted by molar-refractivity contribution is 6.05. The Bertz CT molecular complexity index is 1200. The van der Waals surface area contributed by atoms with Crippen molar-refractivity contribution in [2.45, 2.75) is 52.7 Å². The van der Waals surface area contributed by atoms with Crippen LogP contribution < -0.4 is 15.6 Å². The van der Waals surface area contributed by atoms with Crippen molar-refractivity contribution < 1.29 is 18.7 Å². The summed E-state index contributed by atoms with van der Waals surface area (Å²) in [5.41, 5.74) is -0.379. The van der Waals surface area contributed by atoms with E-state index in [1.165, 1.54) is 10.8 Å². The van der Waals surface area contributed by atoms with Gasteiger partial charge in [-0.05, 0) is 45.2 Å². The van der Waals surface area contributed by atoms with Crippen molar-refractivity contribution in [2.24, 2.45) is 13.0 Å². The SMILES string of the molecule is CC(C)C[C@@H](COc1ccc2c3c(F)cncc3c(=O)n(C)c2c1)NC(=O)OC(C)(C)C. The van der Waals surface area contributed by atoms with Crippen molar-refractivity contribution in [1.29, 1.82) is 0 Å². The standard InChI is InChI=1S/C24H30FN3O4/c1-14(2)9-15(27-23(30)32-24(3,4)5)13-31-16-7-8-17-20(10-16)28(6)22(29)18-11-26-12-19(25)21(17)18/h7-8,10-12,14-15H,9,13H2,1-6H3,(H,27,30)/t15-/m0/s1. The minimum Gasteiger partial charge on any atom is -0.491 e. The van der Waals surface area contributed by atoms with E-state index in [2.05, 4.69) is 24.1 Å². The van der Waals surface area contributed by atoms with Gasteiger partial charge in [0.2, 0.25) is 0 Å². The van der Waals surface area contributed by atoms with Crippen LogP contribution in [0.2, 0.25) is 0 Å². The van der Waals surface area contributed by atoms with Crippen LogP contribution in [-0.2, 0) is 11.8 Å². The number of fused-ring (bicyclic) bond motifs is 3. The molecule has 172 valence electrons. The van der Waals surface area contributed by atoms with Gasteiger partial charge in [-0.2, -0.15) is 0 Å². The first-order valence-electron chi connectivity index (χ1n) is 10.6. The molecule has 0 aliphatic carbocycles. The second kappa shape index (κ2) is 9.14. The van der Waals surface area contributed by atoms with Crippen molar-refractivity contribution in [3.63, 3.8) is 0 Å². The molecule has 7 nitrogen and oxygen atoms in total. The molecule has 32 heavy (non-hydrogen) atoms. The van der Waals surface area contributed by atoms with Gasteiger partial charge < -0.3 is 19.4 Å². The highest BCUT2D eigenvalue weighted by Crippen LogP contribution is 2.27. The van der Waals surface area contributed by atoms with E-state index in [0.717, 1.165) is 6.20 Å². The molecule has 0 saturated carbocycles. The molecule has 1 atom stereocenters. The minimum atomic E-state index is -0.593. The first-order chi connectivity index (χ1) is 15.0. The van der Waals surface area contributed by atoms with Gasteiger partial charge in [-0.3, -0.25) is 9.78 Å². The predicted octanol–water partition coefficient (Wildman–Crippen LogP) is 4.54. The lowest BCUT2D eigenvalue weighted by Crippen LogP contribution is -2.42. The lowest BCUT2D eigenvalue weighted by molar-refractivity contribution is 0.0480. The van der Waals surface area contributed by atoms with Crippen LogP contribution in [0.4, 0.5) is 9.18 Å². The van der Waals surface area contributed by atoms with Crippen LogP contribution in [0.3, 0.4) is 0 Å². The van der Waals surface area contributed by atoms with Crippen molar-refractivity contribution in [1.82, 2.24) is 14.9 Å². The van der Waals surface area contributed by atoms with Gasteiger partial charge >= 0.3 is 6.09 Å². The average Bonchev–Trinajstić information content (AvgIpc) is 2.68. The number of halogens is 1. The van der Waals surface area contributed by atoms with E-state index in [1.54, 1.807) is 25.2 Å². The van der Waals surface area contributed by atoms with E-state index >= 15 is 0 Å². The molecule has 3 aromatic rings. The predicted molar refractivity (Wildman–Crippen MR) is 123 cm³/mol. The quantitative estimate of drug-likeness (QED) is 0.566. The summed E-state index contributed by atoms with van der Waals surface area (Å²) in [6.07, 6.45) is 2.69. The van der Waals surface area contributed by atoms with E-state index in [0.29, 0.717) is 29.0 Å². The number of aromatic nitrogens is 2. The number of carbonyl (C=O) groups is 1. The van der Waals surface area contributed by atoms with E-state index in [-0.39, 0.29) is 29.0 Å². The van der Waals surface area contributed by atoms with Crippen molar-refractivity contribution in [2.75, 3.05) is 6.61 Å². The molecule has 1 amide bonds. The summed E-state index contributed by atoms with van der Waals surface area (Å²) in [5.74, 6) is 0.303. The van der Waals surface area contributed by atoms with Crippen LogP contribution in [0.5, 0.6) is 5.75 Å². The molecule has 3 rings (SSSR count). The number of ether oxygens (including phenoxy) is 2. The maximum atomic E-state index is 14.4. The number of hydrogen-bond acceptors (Lipinski definition) is 5. The number of nitrogens with zero attached hydrogens (tertiary/aromatic N) is 2. The van der Waals surface area contributed by atoms with Crippen LogP contribution in [0.25, 0.3) is 21.7 Å². The van der Waals surface area contributed by atoms with Gasteiger partial charge in [0.25, 0.3) is 5.56 Å². The zero-order valence-corrected chi connectivity index (χ0v) is 19.4. The number of benzene rings is 1. The molecule has 0 spiro atoms. The van der Waals surface area contributed by atoms with E-state index < -0.39 is 17.5 Å². The number of nitrogens with one attached hydrogen (secondary N) is 1. The van der Waals surface area contributed by atoms with Gasteiger partial charge in [0.15, 0.2) is 0 Å². The molecular formula is C24H30FN3O4. The average molecular weight is 444 g/mol. The summed E-state index contributed by atoms with van der Waals surface area (Å²) in [6.45, 7) is 9.77. The number of carbonyl (C=O) groups excluding carboxylic acids is 1. The third kappa shape index (κ3) is 5.36. The number of aryl methyl sites for hydroxylation is 1. The summed E-state index contributed by atoms with van der Waals surface area (Å²) in [5, 5.41) is 3.94. The normalized spacial score (nSPS) is 12.9. The second-order valence-corrected chi connectivity index (χ2v) is 9.37. The molecule has 8 heteroatoms. The Hall–Kier alpha value is -3.16. The highest BCUT2D eigenvalue weighted by atomic mass is 19.1. The van der Waals surface area contributed by atoms with Crippen molar-refractivity contribution >= 4 is 27.8 Å². The van der Waals surface area contributed by atoms with Gasteiger partial charge in [0.1, 0.15) is 23.8 Å². The Kier molecular flexibility index (Phi) is 6.71. The molecule has 0 aliphatic rings. The molecule has 2 heterocycles. The summed E-state index contributed by atoms with van der Waals surface area (Å²) >= 11 is 0. The lowest BCUT2D eigenvalue weighted by Gasteiger charge is -2.25. The number of alkyl carbamates (subject to hydrolysis) is 1. The van der Waals surface area contributed by atoms with Crippen molar-refractivity contribution in [3.8, 4) is 5.75 Å². The van der Waals surface area contributed by atoms with Gasteiger partial charge in [-0.15, -0.1) is 0 Å². The summed E-state index contributed by atoms with van der Waals surface area (Å²) in [6, 6.07) is 4.90. The van der Waals surface area contributed by atoms with Crippen LogP contribution in [0.1, 0.15) is 41.0 Å². The largest absolute Gasteiger partial charge is 0.491 e. The van der Waals surface area contributed by atoms with E-state index in [9.17, 15) is 14.0 Å². The number of rotatable bonds is 6. The molecule has 0 unspecified atom stereocenters. The molecule has 0 radical (unpaired) electrons. The monoisotopic (exact) mass is 443 g/mol. The Morgan fingerprint density at radius 2 is 1.94 bits per heavy atom. The van der Waals surface area contributed by atoms with Crippen LogP contribution in [0.15, 0.2) is 35.4 Å². The van der Waals surface area contributed by atoms with Crippen LogP contribution in [0, 0.1) is 11.7 Å². The topological polar surface area (TPSA) is 82.5 Å². The molecule has 0 saturated heterocycles. The number of hydrogen-bond donors (Lipinski definition) is 1. The minimum absolute atomic E-state index is 0.225. The molecule has 0 bridgehead atoms. The zero-order valence-electron chi connectivity index (χ0n) is 19.4. The Morgan fingerprint density at radius 1 is 1.22 bits per heavy atom. The number of amides is 1. The number of pyridine rings is 2. The molecule has 0 fully saturated rings. The third-order valence-corrected chi connectivity index (χ3v) is 4.96. The first-order valence-corrected chi connectivity index (χ1v) is 10.6. The summed E-state index contributed by atoms with van der Waals surface area (Å²) in [7, 11) is 1.63. The fourth-order valence-electron chi connectivity index (χ4n) is 3.66. The van der Waals surface area contributed by atoms with Crippen molar-refractivity contribution in [3.05, 3.63) is 46.8 Å². The maximum absolute atomic E-state index is 14.4. The molecule has 1 N–H and O–H groups in total. The first kappa shape index (κ1) is 23.5. The van der Waals surface area contributed by atoms with Gasteiger partial charge in [-0.25, -0.2) is 9.18 Å². The van der Waals surface area contributed by atoms with Crippen LogP contribution >= 0.6 is 0 Å². The third-order valence-electron chi connectivity index (χ3n) is 4.96. The fraction of sp³-hybridized carbons (Fsp3) is 0.458. The Morgan fingerprint density at radius 3 is 2.59 bits per heavy atom. The van der Waals surface area contributed by atoms with Gasteiger partial charge in [-0.1, -0.05) is 13.8 Å². The summed E-state index contributed by atoms with van der Waals surface area (Å²) in [4.78, 5) is 28.7. The molecular weight excluding hydrogens is 413 g/mol. The van der Waals surface area contributed by atoms with E-state index in [4.69, 9.17) is 9.47 Å². The summed E-state index contributed by atoms with van der Waals surface area (Å²) < 4.78 is 27.2. The highest BCUT2D eigenvalue weighted by Gasteiger charge is 2.21.